The number of aliphatic hydroxyl groups is 1. The van der Waals surface area contributed by atoms with Crippen LogP contribution in [0.25, 0.3) is 0 Å². The molecule has 21 heavy (non-hydrogen) atoms. The molecule has 0 aromatic heterocycles. The topological polar surface area (TPSA) is 67.8 Å². The molecular formula is C16H23NO4. The summed E-state index contributed by atoms with van der Waals surface area (Å²) in [6.07, 6.45) is 3.18. The summed E-state index contributed by atoms with van der Waals surface area (Å²) < 4.78 is 10.9. The maximum atomic E-state index is 11.9. The van der Waals surface area contributed by atoms with Gasteiger partial charge in [-0.2, -0.15) is 0 Å². The Kier molecular flexibility index (Phi) is 5.87. The molecule has 0 bridgehead atoms. The Bertz CT molecular complexity index is 463. The van der Waals surface area contributed by atoms with Crippen molar-refractivity contribution in [3.8, 4) is 11.5 Å². The van der Waals surface area contributed by atoms with Crippen molar-refractivity contribution in [1.82, 2.24) is 5.32 Å². The van der Waals surface area contributed by atoms with Crippen LogP contribution in [0.5, 0.6) is 11.5 Å². The number of rotatable bonds is 6. The average molecular weight is 293 g/mol. The number of ether oxygens (including phenoxy) is 2. The molecule has 1 aliphatic rings. The van der Waals surface area contributed by atoms with Crippen LogP contribution < -0.4 is 14.8 Å². The van der Waals surface area contributed by atoms with Crippen LogP contribution in [0.3, 0.4) is 0 Å². The van der Waals surface area contributed by atoms with Crippen molar-refractivity contribution in [2.75, 3.05) is 13.2 Å². The van der Waals surface area contributed by atoms with E-state index in [1.54, 1.807) is 6.07 Å². The minimum absolute atomic E-state index is 0.0761. The number of nitrogens with one attached hydrogen (secondary N) is 1. The van der Waals surface area contributed by atoms with Crippen LogP contribution in [0.15, 0.2) is 24.3 Å². The van der Waals surface area contributed by atoms with Crippen LogP contribution in [-0.4, -0.2) is 36.4 Å². The molecule has 0 unspecified atom stereocenters. The summed E-state index contributed by atoms with van der Waals surface area (Å²) in [7, 11) is 0. The predicted molar refractivity (Wildman–Crippen MR) is 79.5 cm³/mol. The highest BCUT2D eigenvalue weighted by Crippen LogP contribution is 2.26. The van der Waals surface area contributed by atoms with Gasteiger partial charge in [-0.05, 0) is 31.9 Å². The van der Waals surface area contributed by atoms with Crippen molar-refractivity contribution in [2.45, 2.75) is 44.8 Å². The molecular weight excluding hydrogens is 270 g/mol. The molecule has 2 rings (SSSR count). The first kappa shape index (κ1) is 15.6. The van der Waals surface area contributed by atoms with Crippen molar-refractivity contribution >= 4 is 5.91 Å². The molecule has 1 aromatic rings. The van der Waals surface area contributed by atoms with Gasteiger partial charge in [0.2, 0.25) is 0 Å². The maximum Gasteiger partial charge on any atom is 0.258 e. The van der Waals surface area contributed by atoms with Gasteiger partial charge in [0.05, 0.1) is 18.8 Å². The number of aliphatic hydroxyl groups excluding tert-OH is 1. The number of amides is 1. The molecule has 116 valence electrons. The Balaban J connectivity index is 1.83. The fourth-order valence-electron chi connectivity index (χ4n) is 2.52. The predicted octanol–water partition coefficient (Wildman–Crippen LogP) is 1.88. The minimum atomic E-state index is -0.446. The van der Waals surface area contributed by atoms with Crippen LogP contribution in [0, 0.1) is 0 Å². The van der Waals surface area contributed by atoms with E-state index >= 15 is 0 Å². The summed E-state index contributed by atoms with van der Waals surface area (Å²) in [5, 5.41) is 12.7. The highest BCUT2D eigenvalue weighted by Gasteiger charge is 2.24. The van der Waals surface area contributed by atoms with Crippen LogP contribution in [0.4, 0.5) is 0 Å². The normalized spacial score (nSPS) is 21.6. The van der Waals surface area contributed by atoms with Crippen molar-refractivity contribution in [3.05, 3.63) is 24.3 Å². The standard InChI is InChI=1S/C16H23NO4/c1-2-20-14-9-5-6-10-15(14)21-11-16(19)17-12-7-3-4-8-13(12)18/h5-6,9-10,12-13,18H,2-4,7-8,11H2,1H3,(H,17,19)/t12-,13-/m1/s1. The Morgan fingerprint density at radius 2 is 1.90 bits per heavy atom. The summed E-state index contributed by atoms with van der Waals surface area (Å²) in [6, 6.07) is 7.11. The monoisotopic (exact) mass is 293 g/mol. The lowest BCUT2D eigenvalue weighted by Gasteiger charge is -2.28. The molecule has 1 aromatic carbocycles. The number of para-hydroxylation sites is 2. The fourth-order valence-corrected chi connectivity index (χ4v) is 2.52. The molecule has 5 heteroatoms. The Hall–Kier alpha value is -1.75. The van der Waals surface area contributed by atoms with E-state index in [1.165, 1.54) is 0 Å². The van der Waals surface area contributed by atoms with E-state index in [0.29, 0.717) is 18.1 Å². The third-order valence-electron chi connectivity index (χ3n) is 3.58. The number of hydrogen-bond acceptors (Lipinski definition) is 4. The van der Waals surface area contributed by atoms with Crippen LogP contribution in [0.2, 0.25) is 0 Å². The van der Waals surface area contributed by atoms with Gasteiger partial charge < -0.3 is 19.9 Å². The second-order valence-electron chi connectivity index (χ2n) is 5.19. The summed E-state index contributed by atoms with van der Waals surface area (Å²) >= 11 is 0. The molecule has 2 atom stereocenters. The zero-order chi connectivity index (χ0) is 15.1. The lowest BCUT2D eigenvalue weighted by atomic mass is 9.92. The van der Waals surface area contributed by atoms with Gasteiger partial charge in [0.15, 0.2) is 18.1 Å². The second-order valence-corrected chi connectivity index (χ2v) is 5.19. The van der Waals surface area contributed by atoms with Gasteiger partial charge in [-0.1, -0.05) is 25.0 Å². The first-order valence-electron chi connectivity index (χ1n) is 7.52. The molecule has 1 saturated carbocycles. The van der Waals surface area contributed by atoms with Crippen molar-refractivity contribution in [1.29, 1.82) is 0 Å². The summed E-state index contributed by atoms with van der Waals surface area (Å²) in [4.78, 5) is 11.9. The van der Waals surface area contributed by atoms with E-state index in [0.717, 1.165) is 25.7 Å². The number of carbonyl (C=O) groups is 1. The smallest absolute Gasteiger partial charge is 0.258 e. The summed E-state index contributed by atoms with van der Waals surface area (Å²) in [6.45, 7) is 2.36. The van der Waals surface area contributed by atoms with Gasteiger partial charge in [0.1, 0.15) is 0 Å². The van der Waals surface area contributed by atoms with Crippen LogP contribution in [-0.2, 0) is 4.79 Å². The quantitative estimate of drug-likeness (QED) is 0.840. The van der Waals surface area contributed by atoms with E-state index in [4.69, 9.17) is 9.47 Å². The van der Waals surface area contributed by atoms with Gasteiger partial charge in [0, 0.05) is 0 Å². The molecule has 1 fully saturated rings. The molecule has 0 radical (unpaired) electrons. The zero-order valence-electron chi connectivity index (χ0n) is 12.4. The third kappa shape index (κ3) is 4.63. The molecule has 0 spiro atoms. The van der Waals surface area contributed by atoms with Gasteiger partial charge in [-0.3, -0.25) is 4.79 Å². The second kappa shape index (κ2) is 7.88. The average Bonchev–Trinajstić information content (AvgIpc) is 2.49. The van der Waals surface area contributed by atoms with Crippen molar-refractivity contribution in [2.24, 2.45) is 0 Å². The zero-order valence-corrected chi connectivity index (χ0v) is 12.4. The molecule has 0 heterocycles. The lowest BCUT2D eigenvalue weighted by Crippen LogP contribution is -2.46. The molecule has 0 saturated heterocycles. The molecule has 0 aliphatic heterocycles. The first-order chi connectivity index (χ1) is 10.2. The van der Waals surface area contributed by atoms with Gasteiger partial charge in [-0.15, -0.1) is 0 Å². The van der Waals surface area contributed by atoms with Crippen LogP contribution in [0.1, 0.15) is 32.6 Å². The molecule has 2 N–H and O–H groups in total. The third-order valence-corrected chi connectivity index (χ3v) is 3.58. The lowest BCUT2D eigenvalue weighted by molar-refractivity contribution is -0.125. The Labute approximate surface area is 125 Å². The van der Waals surface area contributed by atoms with Crippen molar-refractivity contribution in [3.63, 3.8) is 0 Å². The molecule has 1 amide bonds. The van der Waals surface area contributed by atoms with E-state index in [1.807, 2.05) is 25.1 Å². The van der Waals surface area contributed by atoms with E-state index < -0.39 is 6.10 Å². The van der Waals surface area contributed by atoms with E-state index in [-0.39, 0.29) is 18.6 Å². The van der Waals surface area contributed by atoms with Crippen molar-refractivity contribution < 1.29 is 19.4 Å². The Morgan fingerprint density at radius 3 is 2.57 bits per heavy atom. The molecule has 5 nitrogen and oxygen atoms in total. The fraction of sp³-hybridized carbons (Fsp3) is 0.562. The van der Waals surface area contributed by atoms with E-state index in [9.17, 15) is 9.90 Å². The SMILES string of the molecule is CCOc1ccccc1OCC(=O)N[C@@H]1CCCC[C@H]1O. The largest absolute Gasteiger partial charge is 0.490 e. The number of hydrogen-bond donors (Lipinski definition) is 2. The van der Waals surface area contributed by atoms with Gasteiger partial charge in [-0.25, -0.2) is 0 Å². The number of carbonyl (C=O) groups excluding carboxylic acids is 1. The van der Waals surface area contributed by atoms with Crippen LogP contribution >= 0.6 is 0 Å². The number of benzene rings is 1. The highest BCUT2D eigenvalue weighted by atomic mass is 16.5. The Morgan fingerprint density at radius 1 is 1.24 bits per heavy atom. The summed E-state index contributed by atoms with van der Waals surface area (Å²) in [5.41, 5.74) is 0. The highest BCUT2D eigenvalue weighted by molar-refractivity contribution is 5.78. The van der Waals surface area contributed by atoms with Gasteiger partial charge >= 0.3 is 0 Å². The maximum absolute atomic E-state index is 11.9. The van der Waals surface area contributed by atoms with E-state index in [2.05, 4.69) is 5.32 Å². The first-order valence-corrected chi connectivity index (χ1v) is 7.52. The molecule has 1 aliphatic carbocycles. The summed E-state index contributed by atoms with van der Waals surface area (Å²) in [5.74, 6) is 0.969. The van der Waals surface area contributed by atoms with Gasteiger partial charge in [0.25, 0.3) is 5.91 Å². The minimum Gasteiger partial charge on any atom is -0.490 e.